The minimum absolute atomic E-state index is 0.0188. The van der Waals surface area contributed by atoms with E-state index < -0.39 is 0 Å². The Bertz CT molecular complexity index is 884. The molecule has 1 fully saturated rings. The van der Waals surface area contributed by atoms with Gasteiger partial charge in [-0.3, -0.25) is 14.6 Å². The van der Waals surface area contributed by atoms with Crippen molar-refractivity contribution in [3.8, 4) is 5.75 Å². The Balaban J connectivity index is 1.57. The van der Waals surface area contributed by atoms with Crippen molar-refractivity contribution in [1.29, 1.82) is 0 Å². The van der Waals surface area contributed by atoms with Gasteiger partial charge >= 0.3 is 0 Å². The van der Waals surface area contributed by atoms with Gasteiger partial charge in [-0.15, -0.1) is 0 Å². The first-order chi connectivity index (χ1) is 14.3. The highest BCUT2D eigenvalue weighted by atomic mass is 19.1. The topological polar surface area (TPSA) is 44.8 Å². The molecule has 1 atom stereocenters. The van der Waals surface area contributed by atoms with Gasteiger partial charge < -0.3 is 10.1 Å². The molecule has 1 aliphatic heterocycles. The van der Waals surface area contributed by atoms with Gasteiger partial charge in [0, 0.05) is 44.0 Å². The van der Waals surface area contributed by atoms with Gasteiger partial charge in [-0.2, -0.15) is 0 Å². The van der Waals surface area contributed by atoms with Crippen molar-refractivity contribution in [2.75, 3.05) is 38.6 Å². The van der Waals surface area contributed by atoms with E-state index in [4.69, 9.17) is 4.74 Å². The average molecular weight is 414 g/mol. The van der Waals surface area contributed by atoms with Crippen LogP contribution in [0.4, 0.5) is 10.1 Å². The zero-order valence-electron chi connectivity index (χ0n) is 18.6. The lowest BCUT2D eigenvalue weighted by molar-refractivity contribution is -0.121. The summed E-state index contributed by atoms with van der Waals surface area (Å²) in [6.45, 7) is 11.9. The number of halogens is 1. The lowest BCUT2D eigenvalue weighted by Crippen LogP contribution is -2.52. The molecule has 1 saturated heterocycles. The Morgan fingerprint density at radius 2 is 1.73 bits per heavy atom. The Morgan fingerprint density at radius 3 is 2.33 bits per heavy atom. The molecule has 0 spiro atoms. The van der Waals surface area contributed by atoms with Gasteiger partial charge in [-0.05, 0) is 57.0 Å². The van der Waals surface area contributed by atoms with Crippen molar-refractivity contribution in [3.05, 3.63) is 58.4 Å². The van der Waals surface area contributed by atoms with Crippen molar-refractivity contribution in [1.82, 2.24) is 9.80 Å². The summed E-state index contributed by atoms with van der Waals surface area (Å²) in [6, 6.07) is 8.59. The maximum Gasteiger partial charge on any atom is 0.241 e. The van der Waals surface area contributed by atoms with Gasteiger partial charge in [0.05, 0.1) is 13.2 Å². The number of piperazine rings is 1. The third-order valence-electron chi connectivity index (χ3n) is 5.90. The van der Waals surface area contributed by atoms with Crippen molar-refractivity contribution >= 4 is 11.6 Å². The van der Waals surface area contributed by atoms with Crippen LogP contribution < -0.4 is 10.1 Å². The Morgan fingerprint density at radius 1 is 1.10 bits per heavy atom. The largest absolute Gasteiger partial charge is 0.496 e. The molecule has 0 aromatic heterocycles. The number of benzene rings is 2. The molecule has 1 aliphatic rings. The molecular weight excluding hydrogens is 381 g/mol. The third kappa shape index (κ3) is 5.18. The summed E-state index contributed by atoms with van der Waals surface area (Å²) < 4.78 is 19.0. The van der Waals surface area contributed by atoms with Crippen LogP contribution in [0.3, 0.4) is 0 Å². The van der Waals surface area contributed by atoms with Gasteiger partial charge in [-0.1, -0.05) is 17.7 Å². The summed E-state index contributed by atoms with van der Waals surface area (Å²) >= 11 is 0. The van der Waals surface area contributed by atoms with Gasteiger partial charge in [0.25, 0.3) is 0 Å². The number of rotatable bonds is 6. The molecule has 0 saturated carbocycles. The molecule has 30 heavy (non-hydrogen) atoms. The number of amides is 1. The zero-order valence-corrected chi connectivity index (χ0v) is 18.6. The van der Waals surface area contributed by atoms with Gasteiger partial charge in [0.1, 0.15) is 11.6 Å². The molecule has 0 radical (unpaired) electrons. The molecular formula is C24H32FN3O2. The minimum Gasteiger partial charge on any atom is -0.496 e. The van der Waals surface area contributed by atoms with E-state index in [1.54, 1.807) is 13.2 Å². The fourth-order valence-corrected chi connectivity index (χ4v) is 4.19. The quantitative estimate of drug-likeness (QED) is 0.780. The molecule has 0 unspecified atom stereocenters. The van der Waals surface area contributed by atoms with E-state index >= 15 is 0 Å². The SMILES string of the molecule is COc1ccc(F)cc1CN1CCN([C@H](C)C(=O)Nc2c(C)cc(C)cc2C)CC1. The maximum atomic E-state index is 13.6. The molecule has 2 aromatic carbocycles. The number of nitrogens with zero attached hydrogens (tertiary/aromatic N) is 2. The highest BCUT2D eigenvalue weighted by Gasteiger charge is 2.26. The van der Waals surface area contributed by atoms with Crippen LogP contribution in [-0.2, 0) is 11.3 Å². The monoisotopic (exact) mass is 413 g/mol. The van der Waals surface area contributed by atoms with Crippen LogP contribution in [0.5, 0.6) is 5.75 Å². The number of methoxy groups -OCH3 is 1. The average Bonchev–Trinajstić information content (AvgIpc) is 2.70. The first kappa shape index (κ1) is 22.2. The number of nitrogens with one attached hydrogen (secondary N) is 1. The smallest absolute Gasteiger partial charge is 0.241 e. The fourth-order valence-electron chi connectivity index (χ4n) is 4.19. The van der Waals surface area contributed by atoms with E-state index in [1.165, 1.54) is 17.7 Å². The van der Waals surface area contributed by atoms with Crippen molar-refractivity contribution in [2.24, 2.45) is 0 Å². The fraction of sp³-hybridized carbons (Fsp3) is 0.458. The predicted octanol–water partition coefficient (Wildman–Crippen LogP) is 3.90. The number of carbonyl (C=O) groups excluding carboxylic acids is 1. The van der Waals surface area contributed by atoms with E-state index in [1.807, 2.05) is 20.8 Å². The molecule has 1 amide bonds. The van der Waals surface area contributed by atoms with Crippen LogP contribution in [0, 0.1) is 26.6 Å². The second kappa shape index (κ2) is 9.58. The molecule has 6 heteroatoms. The highest BCUT2D eigenvalue weighted by Crippen LogP contribution is 2.24. The first-order valence-corrected chi connectivity index (χ1v) is 10.5. The van der Waals surface area contributed by atoms with E-state index in [2.05, 4.69) is 34.2 Å². The molecule has 1 heterocycles. The maximum absolute atomic E-state index is 13.6. The molecule has 2 aromatic rings. The third-order valence-corrected chi connectivity index (χ3v) is 5.90. The van der Waals surface area contributed by atoms with Gasteiger partial charge in [0.15, 0.2) is 0 Å². The van der Waals surface area contributed by atoms with Crippen LogP contribution >= 0.6 is 0 Å². The summed E-state index contributed by atoms with van der Waals surface area (Å²) in [4.78, 5) is 17.3. The summed E-state index contributed by atoms with van der Waals surface area (Å²) in [7, 11) is 1.60. The second-order valence-electron chi connectivity index (χ2n) is 8.21. The van der Waals surface area contributed by atoms with Crippen LogP contribution in [0.25, 0.3) is 0 Å². The number of anilines is 1. The molecule has 3 rings (SSSR count). The number of hydrogen-bond acceptors (Lipinski definition) is 4. The Hall–Kier alpha value is -2.44. The van der Waals surface area contributed by atoms with E-state index in [9.17, 15) is 9.18 Å². The van der Waals surface area contributed by atoms with Crippen LogP contribution in [-0.4, -0.2) is 55.0 Å². The predicted molar refractivity (Wildman–Crippen MR) is 119 cm³/mol. The van der Waals surface area contributed by atoms with Crippen LogP contribution in [0.15, 0.2) is 30.3 Å². The number of carbonyl (C=O) groups is 1. The molecule has 0 bridgehead atoms. The van der Waals surface area contributed by atoms with Gasteiger partial charge in [-0.25, -0.2) is 4.39 Å². The lowest BCUT2D eigenvalue weighted by atomic mass is 10.0. The summed E-state index contributed by atoms with van der Waals surface area (Å²) in [5, 5.41) is 3.12. The minimum atomic E-state index is -0.253. The van der Waals surface area contributed by atoms with Crippen LogP contribution in [0.1, 0.15) is 29.2 Å². The number of ether oxygens (including phenoxy) is 1. The van der Waals surface area contributed by atoms with Crippen LogP contribution in [0.2, 0.25) is 0 Å². The molecule has 5 nitrogen and oxygen atoms in total. The summed E-state index contributed by atoms with van der Waals surface area (Å²) in [5.74, 6) is 0.470. The van der Waals surface area contributed by atoms with Gasteiger partial charge in [0.2, 0.25) is 5.91 Å². The van der Waals surface area contributed by atoms with Crippen molar-refractivity contribution < 1.29 is 13.9 Å². The first-order valence-electron chi connectivity index (χ1n) is 10.5. The van der Waals surface area contributed by atoms with E-state index in [-0.39, 0.29) is 17.8 Å². The van der Waals surface area contributed by atoms with Crippen molar-refractivity contribution in [2.45, 2.75) is 40.3 Å². The molecule has 1 N–H and O–H groups in total. The number of aryl methyl sites for hydroxylation is 3. The zero-order chi connectivity index (χ0) is 21.8. The summed E-state index contributed by atoms with van der Waals surface area (Å²) in [5.41, 5.74) is 5.13. The second-order valence-corrected chi connectivity index (χ2v) is 8.21. The Kier molecular flexibility index (Phi) is 7.10. The highest BCUT2D eigenvalue weighted by molar-refractivity contribution is 5.96. The Labute approximate surface area is 178 Å². The number of hydrogen-bond donors (Lipinski definition) is 1. The van der Waals surface area contributed by atoms with E-state index in [0.717, 1.165) is 48.6 Å². The summed E-state index contributed by atoms with van der Waals surface area (Å²) in [6.07, 6.45) is 0. The standard InChI is InChI=1S/C24H32FN3O2/c1-16-12-17(2)23(18(3)13-16)26-24(29)19(4)28-10-8-27(9-11-28)15-20-14-21(25)6-7-22(20)30-5/h6-7,12-14,19H,8-11,15H2,1-5H3,(H,26,29)/t19-/m1/s1. The lowest BCUT2D eigenvalue weighted by Gasteiger charge is -2.37. The van der Waals surface area contributed by atoms with Crippen molar-refractivity contribution in [3.63, 3.8) is 0 Å². The molecule has 0 aliphatic carbocycles. The molecule has 162 valence electrons. The van der Waals surface area contributed by atoms with E-state index in [0.29, 0.717) is 12.3 Å². The normalized spacial score (nSPS) is 16.3.